The van der Waals surface area contributed by atoms with Gasteiger partial charge >= 0.3 is 0 Å². The number of hydrogen-bond acceptors (Lipinski definition) is 4. The maximum atomic E-state index is 4.28. The van der Waals surface area contributed by atoms with Gasteiger partial charge in [0.15, 0.2) is 0 Å². The average molecular weight is 292 g/mol. The number of aryl methyl sites for hydroxylation is 2. The Labute approximate surface area is 123 Å². The molecule has 1 N–H and O–H groups in total. The van der Waals surface area contributed by atoms with Gasteiger partial charge in [-0.2, -0.15) is 0 Å². The van der Waals surface area contributed by atoms with Gasteiger partial charge in [0.25, 0.3) is 0 Å². The molecule has 102 valence electrons. The third kappa shape index (κ3) is 4.64. The van der Waals surface area contributed by atoms with Crippen molar-refractivity contribution in [3.05, 3.63) is 45.9 Å². The zero-order valence-corrected chi connectivity index (χ0v) is 13.1. The van der Waals surface area contributed by atoms with E-state index in [1.54, 1.807) is 11.3 Å². The summed E-state index contributed by atoms with van der Waals surface area (Å²) in [6.07, 6.45) is 1.11. The molecule has 0 fully saturated rings. The predicted octanol–water partition coefficient (Wildman–Crippen LogP) is 3.90. The molecule has 0 atom stereocenters. The number of thioether (sulfide) groups is 1. The van der Waals surface area contributed by atoms with Gasteiger partial charge in [-0.25, -0.2) is 4.98 Å². The van der Waals surface area contributed by atoms with Crippen LogP contribution in [0.3, 0.4) is 0 Å². The van der Waals surface area contributed by atoms with Crippen molar-refractivity contribution in [1.82, 2.24) is 10.3 Å². The lowest BCUT2D eigenvalue weighted by molar-refractivity contribution is 0.726. The van der Waals surface area contributed by atoms with E-state index in [1.807, 2.05) is 17.3 Å². The van der Waals surface area contributed by atoms with Crippen molar-refractivity contribution >= 4 is 23.1 Å². The molecule has 0 amide bonds. The third-order valence-electron chi connectivity index (χ3n) is 2.95. The number of aromatic nitrogens is 1. The summed E-state index contributed by atoms with van der Waals surface area (Å²) in [6.45, 7) is 6.20. The summed E-state index contributed by atoms with van der Waals surface area (Å²) in [7, 11) is 0. The van der Waals surface area contributed by atoms with Crippen molar-refractivity contribution in [3.63, 3.8) is 0 Å². The molecular formula is C15H20N2S2. The van der Waals surface area contributed by atoms with Gasteiger partial charge in [-0.15, -0.1) is 23.1 Å². The monoisotopic (exact) mass is 292 g/mol. The van der Waals surface area contributed by atoms with Gasteiger partial charge in [-0.3, -0.25) is 0 Å². The van der Waals surface area contributed by atoms with Crippen molar-refractivity contribution in [2.45, 2.75) is 31.7 Å². The highest BCUT2D eigenvalue weighted by Gasteiger charge is 2.02. The number of thiazole rings is 1. The Morgan fingerprint density at radius 1 is 1.26 bits per heavy atom. The zero-order chi connectivity index (χ0) is 13.5. The summed E-state index contributed by atoms with van der Waals surface area (Å²) in [5, 5.41) is 3.34. The molecule has 0 bridgehead atoms. The van der Waals surface area contributed by atoms with Crippen molar-refractivity contribution < 1.29 is 0 Å². The van der Waals surface area contributed by atoms with Crippen LogP contribution < -0.4 is 5.32 Å². The van der Waals surface area contributed by atoms with Crippen molar-refractivity contribution in [2.75, 3.05) is 12.3 Å². The van der Waals surface area contributed by atoms with Crippen molar-refractivity contribution in [2.24, 2.45) is 0 Å². The Morgan fingerprint density at radius 2 is 2.05 bits per heavy atom. The first-order valence-corrected chi connectivity index (χ1v) is 8.47. The summed E-state index contributed by atoms with van der Waals surface area (Å²) in [6, 6.07) is 8.86. The molecule has 19 heavy (non-hydrogen) atoms. The molecule has 1 aromatic carbocycles. The van der Waals surface area contributed by atoms with Crippen LogP contribution in [-0.2, 0) is 13.0 Å². The van der Waals surface area contributed by atoms with E-state index in [0.29, 0.717) is 0 Å². The normalized spacial score (nSPS) is 10.8. The molecule has 0 aliphatic carbocycles. The van der Waals surface area contributed by atoms with E-state index in [1.165, 1.54) is 21.0 Å². The molecule has 0 aliphatic heterocycles. The van der Waals surface area contributed by atoms with Crippen LogP contribution in [-0.4, -0.2) is 17.3 Å². The molecule has 0 aliphatic rings. The highest BCUT2D eigenvalue weighted by Crippen LogP contribution is 2.22. The van der Waals surface area contributed by atoms with Gasteiger partial charge in [0, 0.05) is 22.1 Å². The molecular weight excluding hydrogens is 272 g/mol. The van der Waals surface area contributed by atoms with Gasteiger partial charge in [-0.1, -0.05) is 19.1 Å². The van der Waals surface area contributed by atoms with Crippen molar-refractivity contribution in [3.8, 4) is 0 Å². The number of rotatable bonds is 7. The highest BCUT2D eigenvalue weighted by molar-refractivity contribution is 7.99. The van der Waals surface area contributed by atoms with Crippen LogP contribution in [0.15, 0.2) is 34.7 Å². The largest absolute Gasteiger partial charge is 0.313 e. The third-order valence-corrected chi connectivity index (χ3v) is 4.95. The molecule has 0 saturated heterocycles. The molecule has 2 rings (SSSR count). The van der Waals surface area contributed by atoms with Crippen LogP contribution in [0.4, 0.5) is 0 Å². The lowest BCUT2D eigenvalue weighted by Gasteiger charge is -2.04. The topological polar surface area (TPSA) is 24.9 Å². The Balaban J connectivity index is 1.78. The second-order valence-corrected chi connectivity index (χ2v) is 6.49. The minimum atomic E-state index is 0.960. The predicted molar refractivity (Wildman–Crippen MR) is 85.1 cm³/mol. The van der Waals surface area contributed by atoms with Crippen LogP contribution in [0.1, 0.15) is 23.1 Å². The van der Waals surface area contributed by atoms with E-state index in [9.17, 15) is 0 Å². The summed E-state index contributed by atoms with van der Waals surface area (Å²) in [4.78, 5) is 7.05. The van der Waals surface area contributed by atoms with Gasteiger partial charge in [0.2, 0.25) is 0 Å². The standard InChI is InChI=1S/C15H20N2S2/c1-3-16-10-13-4-6-14(7-5-13)18-9-8-15-12(2)17-11-19-15/h4-7,11,16H,3,8-10H2,1-2H3. The van der Waals surface area contributed by atoms with Crippen LogP contribution in [0.25, 0.3) is 0 Å². The molecule has 2 aromatic rings. The number of benzene rings is 1. The molecule has 4 heteroatoms. The zero-order valence-electron chi connectivity index (χ0n) is 11.5. The SMILES string of the molecule is CCNCc1ccc(SCCc2scnc2C)cc1. The highest BCUT2D eigenvalue weighted by atomic mass is 32.2. The van der Waals surface area contributed by atoms with E-state index in [0.717, 1.165) is 25.3 Å². The summed E-state index contributed by atoms with van der Waals surface area (Å²) >= 11 is 3.68. The van der Waals surface area contributed by atoms with Crippen molar-refractivity contribution in [1.29, 1.82) is 0 Å². The summed E-state index contributed by atoms with van der Waals surface area (Å²) in [5.74, 6) is 1.12. The van der Waals surface area contributed by atoms with Crippen LogP contribution in [0.2, 0.25) is 0 Å². The van der Waals surface area contributed by atoms with E-state index < -0.39 is 0 Å². The second kappa shape index (κ2) is 7.68. The van der Waals surface area contributed by atoms with Gasteiger partial charge in [-0.05, 0) is 37.6 Å². The van der Waals surface area contributed by atoms with Crippen LogP contribution >= 0.6 is 23.1 Å². The molecule has 1 aromatic heterocycles. The lowest BCUT2D eigenvalue weighted by atomic mass is 10.2. The maximum absolute atomic E-state index is 4.28. The summed E-state index contributed by atoms with van der Waals surface area (Å²) in [5.41, 5.74) is 4.47. The molecule has 0 radical (unpaired) electrons. The van der Waals surface area contributed by atoms with E-state index in [-0.39, 0.29) is 0 Å². The van der Waals surface area contributed by atoms with Crippen LogP contribution in [0, 0.1) is 6.92 Å². The fourth-order valence-corrected chi connectivity index (χ4v) is 3.58. The quantitative estimate of drug-likeness (QED) is 0.784. The minimum absolute atomic E-state index is 0.960. The molecule has 2 nitrogen and oxygen atoms in total. The molecule has 0 unspecified atom stereocenters. The van der Waals surface area contributed by atoms with Gasteiger partial charge in [0.1, 0.15) is 0 Å². The fraction of sp³-hybridized carbons (Fsp3) is 0.400. The number of hydrogen-bond donors (Lipinski definition) is 1. The van der Waals surface area contributed by atoms with Gasteiger partial charge in [0.05, 0.1) is 11.2 Å². The fourth-order valence-electron chi connectivity index (χ4n) is 1.80. The number of nitrogens with zero attached hydrogens (tertiary/aromatic N) is 1. The Morgan fingerprint density at radius 3 is 2.68 bits per heavy atom. The van der Waals surface area contributed by atoms with E-state index in [2.05, 4.69) is 48.4 Å². The Bertz CT molecular complexity index is 491. The van der Waals surface area contributed by atoms with E-state index in [4.69, 9.17) is 0 Å². The smallest absolute Gasteiger partial charge is 0.0797 e. The summed E-state index contributed by atoms with van der Waals surface area (Å²) < 4.78 is 0. The second-order valence-electron chi connectivity index (χ2n) is 4.38. The maximum Gasteiger partial charge on any atom is 0.0797 e. The molecule has 0 spiro atoms. The first kappa shape index (κ1) is 14.6. The first-order chi connectivity index (χ1) is 9.29. The Kier molecular flexibility index (Phi) is 5.89. The average Bonchev–Trinajstić information content (AvgIpc) is 2.84. The Hall–Kier alpha value is -0.840. The molecule has 0 saturated carbocycles. The number of nitrogens with one attached hydrogen (secondary N) is 1. The van der Waals surface area contributed by atoms with Crippen LogP contribution in [0.5, 0.6) is 0 Å². The van der Waals surface area contributed by atoms with Gasteiger partial charge < -0.3 is 5.32 Å². The first-order valence-electron chi connectivity index (χ1n) is 6.61. The van der Waals surface area contributed by atoms with E-state index >= 15 is 0 Å². The minimum Gasteiger partial charge on any atom is -0.313 e. The lowest BCUT2D eigenvalue weighted by Crippen LogP contribution is -2.11. The molecule has 1 heterocycles.